The lowest BCUT2D eigenvalue weighted by Gasteiger charge is -2.42. The molecule has 0 aromatic heterocycles. The topological polar surface area (TPSA) is 49.4 Å². The van der Waals surface area contributed by atoms with Gasteiger partial charge in [-0.05, 0) is 61.1 Å². The van der Waals surface area contributed by atoms with E-state index in [1.54, 1.807) is 19.9 Å². The Labute approximate surface area is 130 Å². The van der Waals surface area contributed by atoms with E-state index in [4.69, 9.17) is 0 Å². The average molecular weight is 390 g/mol. The quantitative estimate of drug-likeness (QED) is 0.789. The van der Waals surface area contributed by atoms with Gasteiger partial charge in [0.15, 0.2) is 0 Å². The van der Waals surface area contributed by atoms with Crippen molar-refractivity contribution >= 4 is 40.1 Å². The van der Waals surface area contributed by atoms with Crippen LogP contribution in [-0.4, -0.2) is 23.4 Å². The zero-order valence-corrected chi connectivity index (χ0v) is 13.7. The fraction of sp³-hybridized carbons (Fsp3) is 0.429. The van der Waals surface area contributed by atoms with Gasteiger partial charge < -0.3 is 5.32 Å². The van der Waals surface area contributed by atoms with E-state index in [1.165, 1.54) is 17.0 Å². The molecule has 1 heterocycles. The third-order valence-corrected chi connectivity index (χ3v) is 4.22. The van der Waals surface area contributed by atoms with Gasteiger partial charge in [-0.2, -0.15) is 0 Å². The van der Waals surface area contributed by atoms with Crippen molar-refractivity contribution in [3.63, 3.8) is 0 Å². The van der Waals surface area contributed by atoms with Crippen LogP contribution in [0.15, 0.2) is 18.2 Å². The van der Waals surface area contributed by atoms with Crippen LogP contribution in [0.5, 0.6) is 0 Å². The van der Waals surface area contributed by atoms with Crippen LogP contribution in [0.1, 0.15) is 27.2 Å². The Morgan fingerprint density at radius 2 is 2.05 bits per heavy atom. The summed E-state index contributed by atoms with van der Waals surface area (Å²) < 4.78 is 13.8. The van der Waals surface area contributed by atoms with Crippen molar-refractivity contribution in [3.05, 3.63) is 27.6 Å². The van der Waals surface area contributed by atoms with E-state index in [9.17, 15) is 14.0 Å². The maximum Gasteiger partial charge on any atom is 0.252 e. The van der Waals surface area contributed by atoms with E-state index in [2.05, 4.69) is 5.32 Å². The van der Waals surface area contributed by atoms with Gasteiger partial charge in [-0.15, -0.1) is 0 Å². The number of rotatable bonds is 2. The summed E-state index contributed by atoms with van der Waals surface area (Å²) in [5.41, 5.74) is -0.382. The number of halogens is 2. The minimum absolute atomic E-state index is 0.183. The molecule has 0 spiro atoms. The summed E-state index contributed by atoms with van der Waals surface area (Å²) in [5.74, 6) is -0.731. The van der Waals surface area contributed by atoms with Crippen molar-refractivity contribution in [3.8, 4) is 0 Å². The molecule has 1 aromatic carbocycles. The molecule has 1 aliphatic rings. The molecule has 0 saturated carbocycles. The van der Waals surface area contributed by atoms with Gasteiger partial charge in [0.05, 0.1) is 5.69 Å². The van der Waals surface area contributed by atoms with Gasteiger partial charge in [0, 0.05) is 3.57 Å². The molecule has 0 aliphatic carbocycles. The van der Waals surface area contributed by atoms with Gasteiger partial charge in [-0.3, -0.25) is 14.5 Å². The fourth-order valence-electron chi connectivity index (χ4n) is 2.33. The second kappa shape index (κ2) is 5.31. The maximum atomic E-state index is 13.2. The lowest BCUT2D eigenvalue weighted by atomic mass is 9.95. The number of benzene rings is 1. The summed E-state index contributed by atoms with van der Waals surface area (Å²) in [6, 6.07) is 3.65. The lowest BCUT2D eigenvalue weighted by molar-refractivity contribution is -0.137. The van der Waals surface area contributed by atoms with E-state index in [1.807, 2.05) is 29.5 Å². The Morgan fingerprint density at radius 3 is 2.60 bits per heavy atom. The molecule has 1 unspecified atom stereocenters. The van der Waals surface area contributed by atoms with Crippen LogP contribution in [0, 0.1) is 9.39 Å². The monoisotopic (exact) mass is 390 g/mol. The van der Waals surface area contributed by atoms with E-state index >= 15 is 0 Å². The van der Waals surface area contributed by atoms with E-state index < -0.39 is 11.6 Å². The molecular formula is C14H16FIN2O2. The Balaban J connectivity index is 2.54. The molecule has 4 nitrogen and oxygen atoms in total. The zero-order valence-electron chi connectivity index (χ0n) is 11.5. The van der Waals surface area contributed by atoms with Gasteiger partial charge in [-0.1, -0.05) is 6.92 Å². The normalized spacial score (nSPS) is 21.9. The second-order valence-corrected chi connectivity index (χ2v) is 6.47. The summed E-state index contributed by atoms with van der Waals surface area (Å²) in [7, 11) is 0. The van der Waals surface area contributed by atoms with Crippen molar-refractivity contribution in [2.45, 2.75) is 38.8 Å². The molecule has 1 atom stereocenters. The molecule has 20 heavy (non-hydrogen) atoms. The second-order valence-electron chi connectivity index (χ2n) is 5.31. The first-order chi connectivity index (χ1) is 9.27. The maximum absolute atomic E-state index is 13.2. The Kier molecular flexibility index (Phi) is 4.04. The number of amides is 2. The number of anilines is 1. The fourth-order valence-corrected chi connectivity index (χ4v) is 3.06. The highest BCUT2D eigenvalue weighted by Gasteiger charge is 2.45. The minimum atomic E-state index is -0.958. The molecule has 1 fully saturated rings. The van der Waals surface area contributed by atoms with Crippen LogP contribution in [-0.2, 0) is 9.59 Å². The van der Waals surface area contributed by atoms with E-state index in [0.717, 1.165) is 0 Å². The number of hydrogen-bond acceptors (Lipinski definition) is 2. The van der Waals surface area contributed by atoms with Crippen LogP contribution in [0.2, 0.25) is 0 Å². The Bertz CT molecular complexity index is 574. The minimum Gasteiger partial charge on any atom is -0.340 e. The number of carbonyl (C=O) groups is 2. The number of piperazine rings is 1. The van der Waals surface area contributed by atoms with Crippen LogP contribution in [0.3, 0.4) is 0 Å². The van der Waals surface area contributed by atoms with Gasteiger partial charge in [-0.25, -0.2) is 4.39 Å². The summed E-state index contributed by atoms with van der Waals surface area (Å²) in [6.45, 7) is 5.18. The summed E-state index contributed by atoms with van der Waals surface area (Å²) in [4.78, 5) is 26.3. The molecule has 1 saturated heterocycles. The molecule has 2 amide bonds. The van der Waals surface area contributed by atoms with Crippen molar-refractivity contribution in [1.82, 2.24) is 5.32 Å². The van der Waals surface area contributed by atoms with Gasteiger partial charge in [0.2, 0.25) is 5.91 Å². The molecule has 1 aromatic rings. The Morgan fingerprint density at radius 1 is 1.40 bits per heavy atom. The highest BCUT2D eigenvalue weighted by Crippen LogP contribution is 2.30. The number of nitrogens with one attached hydrogen (secondary N) is 1. The predicted molar refractivity (Wildman–Crippen MR) is 82.9 cm³/mol. The van der Waals surface area contributed by atoms with Crippen LogP contribution < -0.4 is 10.2 Å². The SMILES string of the molecule is CCC1C(=O)NC(C)(C)C(=O)N1c1ccc(F)cc1I. The van der Waals surface area contributed by atoms with Gasteiger partial charge >= 0.3 is 0 Å². The summed E-state index contributed by atoms with van der Waals surface area (Å²) in [5, 5.41) is 2.73. The third kappa shape index (κ3) is 2.53. The van der Waals surface area contributed by atoms with Crippen LogP contribution in [0.4, 0.5) is 10.1 Å². The van der Waals surface area contributed by atoms with Crippen molar-refractivity contribution in [2.24, 2.45) is 0 Å². The predicted octanol–water partition coefficient (Wildman–Crippen LogP) is 2.45. The molecule has 0 bridgehead atoms. The highest BCUT2D eigenvalue weighted by atomic mass is 127. The first-order valence-electron chi connectivity index (χ1n) is 6.38. The van der Waals surface area contributed by atoms with E-state index in [0.29, 0.717) is 15.7 Å². The zero-order chi connectivity index (χ0) is 15.1. The van der Waals surface area contributed by atoms with Crippen LogP contribution >= 0.6 is 22.6 Å². The Hall–Kier alpha value is -1.18. The standard InChI is InChI=1S/C14H16FIN2O2/c1-4-10-12(19)17-14(2,3)13(20)18(10)11-6-5-8(15)7-9(11)16/h5-7,10H,4H2,1-3H3,(H,17,19). The average Bonchev–Trinajstić information content (AvgIpc) is 2.34. The molecular weight excluding hydrogens is 374 g/mol. The third-order valence-electron chi connectivity index (χ3n) is 3.36. The number of carbonyl (C=O) groups excluding carboxylic acids is 2. The molecule has 2 rings (SSSR count). The largest absolute Gasteiger partial charge is 0.340 e. The smallest absolute Gasteiger partial charge is 0.252 e. The molecule has 0 radical (unpaired) electrons. The van der Waals surface area contributed by atoms with Crippen molar-refractivity contribution < 1.29 is 14.0 Å². The van der Waals surface area contributed by atoms with Crippen LogP contribution in [0.25, 0.3) is 0 Å². The summed E-state index contributed by atoms with van der Waals surface area (Å²) in [6.07, 6.45) is 0.501. The number of nitrogens with zero attached hydrogens (tertiary/aromatic N) is 1. The lowest BCUT2D eigenvalue weighted by Crippen LogP contribution is -2.68. The summed E-state index contributed by atoms with van der Waals surface area (Å²) >= 11 is 1.98. The molecule has 108 valence electrons. The van der Waals surface area contributed by atoms with Gasteiger partial charge in [0.1, 0.15) is 17.4 Å². The first kappa shape index (κ1) is 15.2. The number of hydrogen-bond donors (Lipinski definition) is 1. The first-order valence-corrected chi connectivity index (χ1v) is 7.46. The molecule has 1 N–H and O–H groups in total. The molecule has 6 heteroatoms. The van der Waals surface area contributed by atoms with Gasteiger partial charge in [0.25, 0.3) is 5.91 Å². The molecule has 1 aliphatic heterocycles. The highest BCUT2D eigenvalue weighted by molar-refractivity contribution is 14.1. The van der Waals surface area contributed by atoms with Crippen molar-refractivity contribution in [2.75, 3.05) is 4.90 Å². The van der Waals surface area contributed by atoms with E-state index in [-0.39, 0.29) is 17.6 Å². The van der Waals surface area contributed by atoms with Crippen molar-refractivity contribution in [1.29, 1.82) is 0 Å².